The molecule has 0 saturated carbocycles. The third-order valence-corrected chi connectivity index (χ3v) is 4.66. The zero-order valence-electron chi connectivity index (χ0n) is 16.0. The first kappa shape index (κ1) is 22.1. The third-order valence-electron chi connectivity index (χ3n) is 4.16. The highest BCUT2D eigenvalue weighted by Crippen LogP contribution is 2.17. The maximum atomic E-state index is 12.8. The number of carbonyl (C=O) groups excluding carboxylic acids is 2. The van der Waals surface area contributed by atoms with Crippen molar-refractivity contribution >= 4 is 35.0 Å². The molecule has 2 amide bonds. The van der Waals surface area contributed by atoms with Crippen LogP contribution in [0.3, 0.4) is 0 Å². The first-order valence-electron chi connectivity index (χ1n) is 9.10. The second-order valence-electron chi connectivity index (χ2n) is 6.36. The molecule has 2 aromatic rings. The van der Waals surface area contributed by atoms with E-state index in [1.807, 2.05) is 19.1 Å². The number of halogens is 2. The average Bonchev–Trinajstić information content (AvgIpc) is 2.70. The molecule has 0 unspecified atom stereocenters. The van der Waals surface area contributed by atoms with Gasteiger partial charge in [0.1, 0.15) is 11.8 Å². The molecule has 2 rings (SSSR count). The quantitative estimate of drug-likeness (QED) is 0.654. The van der Waals surface area contributed by atoms with E-state index in [1.165, 1.54) is 4.90 Å². The van der Waals surface area contributed by atoms with Gasteiger partial charge in [0.15, 0.2) is 6.61 Å². The van der Waals surface area contributed by atoms with E-state index in [9.17, 15) is 9.59 Å². The van der Waals surface area contributed by atoms with Gasteiger partial charge < -0.3 is 15.0 Å². The van der Waals surface area contributed by atoms with Gasteiger partial charge in [-0.15, -0.1) is 0 Å². The van der Waals surface area contributed by atoms with Gasteiger partial charge in [-0.2, -0.15) is 0 Å². The monoisotopic (exact) mass is 422 g/mol. The van der Waals surface area contributed by atoms with Gasteiger partial charge in [0.05, 0.1) is 0 Å². The first-order chi connectivity index (χ1) is 13.4. The molecule has 0 bridgehead atoms. The molecule has 5 nitrogen and oxygen atoms in total. The Morgan fingerprint density at radius 1 is 1.04 bits per heavy atom. The van der Waals surface area contributed by atoms with E-state index in [1.54, 1.807) is 43.3 Å². The Kier molecular flexibility index (Phi) is 8.61. The van der Waals surface area contributed by atoms with Gasteiger partial charge in [-0.05, 0) is 55.3 Å². The molecule has 0 aromatic heterocycles. The Morgan fingerprint density at radius 3 is 2.18 bits per heavy atom. The minimum atomic E-state index is -0.636. The molecular weight excluding hydrogens is 399 g/mol. The number of nitrogens with one attached hydrogen (secondary N) is 1. The maximum Gasteiger partial charge on any atom is 0.261 e. The van der Waals surface area contributed by atoms with Crippen molar-refractivity contribution in [3.05, 3.63) is 64.1 Å². The van der Waals surface area contributed by atoms with Gasteiger partial charge >= 0.3 is 0 Å². The number of hydrogen-bond donors (Lipinski definition) is 1. The number of ether oxygens (including phenoxy) is 1. The molecule has 0 aliphatic carbocycles. The average molecular weight is 423 g/mol. The van der Waals surface area contributed by atoms with Gasteiger partial charge in [-0.3, -0.25) is 9.59 Å². The van der Waals surface area contributed by atoms with Crippen LogP contribution in [-0.2, 0) is 16.1 Å². The zero-order valence-corrected chi connectivity index (χ0v) is 17.5. The van der Waals surface area contributed by atoms with Crippen LogP contribution in [0.2, 0.25) is 10.0 Å². The van der Waals surface area contributed by atoms with Crippen LogP contribution in [-0.4, -0.2) is 35.9 Å². The Labute approximate surface area is 175 Å². The molecule has 150 valence electrons. The Hall–Kier alpha value is -2.24. The van der Waals surface area contributed by atoms with Crippen LogP contribution in [0.1, 0.15) is 25.8 Å². The zero-order chi connectivity index (χ0) is 20.5. The summed E-state index contributed by atoms with van der Waals surface area (Å²) in [6.45, 7) is 4.34. The van der Waals surface area contributed by atoms with Crippen LogP contribution in [0.4, 0.5) is 0 Å². The fourth-order valence-electron chi connectivity index (χ4n) is 2.52. The lowest BCUT2D eigenvalue weighted by atomic mass is 10.1. The van der Waals surface area contributed by atoms with Gasteiger partial charge in [-0.25, -0.2) is 0 Å². The summed E-state index contributed by atoms with van der Waals surface area (Å²) in [7, 11) is 0. The summed E-state index contributed by atoms with van der Waals surface area (Å²) in [4.78, 5) is 26.8. The molecule has 2 aromatic carbocycles. The summed E-state index contributed by atoms with van der Waals surface area (Å²) < 4.78 is 5.57. The molecule has 0 aliphatic rings. The predicted molar refractivity (Wildman–Crippen MR) is 112 cm³/mol. The SMILES string of the molecule is CCCNC(=O)[C@H](C)N(Cc1ccc(Cl)cc1)C(=O)COc1ccc(Cl)cc1. The molecule has 1 N–H and O–H groups in total. The van der Waals surface area contributed by atoms with E-state index in [2.05, 4.69) is 5.32 Å². The Balaban J connectivity index is 2.10. The Morgan fingerprint density at radius 2 is 1.61 bits per heavy atom. The van der Waals surface area contributed by atoms with Crippen LogP contribution >= 0.6 is 23.2 Å². The number of rotatable bonds is 9. The second-order valence-corrected chi connectivity index (χ2v) is 7.23. The van der Waals surface area contributed by atoms with E-state index in [-0.39, 0.29) is 25.0 Å². The van der Waals surface area contributed by atoms with E-state index < -0.39 is 6.04 Å². The summed E-state index contributed by atoms with van der Waals surface area (Å²) in [6.07, 6.45) is 0.823. The van der Waals surface area contributed by atoms with Crippen molar-refractivity contribution in [3.63, 3.8) is 0 Å². The van der Waals surface area contributed by atoms with Crippen LogP contribution in [0.5, 0.6) is 5.75 Å². The highest BCUT2D eigenvalue weighted by molar-refractivity contribution is 6.30. The lowest BCUT2D eigenvalue weighted by molar-refractivity contribution is -0.142. The van der Waals surface area contributed by atoms with Crippen LogP contribution in [0.15, 0.2) is 48.5 Å². The second kappa shape index (κ2) is 10.9. The molecular formula is C21H24Cl2N2O3. The highest BCUT2D eigenvalue weighted by atomic mass is 35.5. The summed E-state index contributed by atoms with van der Waals surface area (Å²) >= 11 is 11.8. The van der Waals surface area contributed by atoms with Crippen LogP contribution in [0.25, 0.3) is 0 Å². The summed E-state index contributed by atoms with van der Waals surface area (Å²) in [6, 6.07) is 13.3. The van der Waals surface area contributed by atoms with Crippen LogP contribution in [0, 0.1) is 0 Å². The molecule has 1 atom stereocenters. The van der Waals surface area contributed by atoms with Crippen molar-refractivity contribution in [2.45, 2.75) is 32.9 Å². The van der Waals surface area contributed by atoms with Gasteiger partial charge in [0.2, 0.25) is 5.91 Å². The highest BCUT2D eigenvalue weighted by Gasteiger charge is 2.26. The summed E-state index contributed by atoms with van der Waals surface area (Å²) in [5.41, 5.74) is 0.874. The smallest absolute Gasteiger partial charge is 0.261 e. The van der Waals surface area contributed by atoms with E-state index in [4.69, 9.17) is 27.9 Å². The normalized spacial score (nSPS) is 11.6. The largest absolute Gasteiger partial charge is 0.484 e. The molecule has 0 fully saturated rings. The lowest BCUT2D eigenvalue weighted by Crippen LogP contribution is -2.49. The minimum absolute atomic E-state index is 0.180. The maximum absolute atomic E-state index is 12.8. The third kappa shape index (κ3) is 6.73. The molecule has 0 radical (unpaired) electrons. The molecule has 0 saturated heterocycles. The molecule has 7 heteroatoms. The topological polar surface area (TPSA) is 58.6 Å². The molecule has 28 heavy (non-hydrogen) atoms. The van der Waals surface area contributed by atoms with E-state index in [0.717, 1.165) is 12.0 Å². The Bertz CT molecular complexity index is 779. The fraction of sp³-hybridized carbons (Fsp3) is 0.333. The lowest BCUT2D eigenvalue weighted by Gasteiger charge is -2.28. The number of benzene rings is 2. The number of nitrogens with zero attached hydrogens (tertiary/aromatic N) is 1. The summed E-state index contributed by atoms with van der Waals surface area (Å²) in [5, 5.41) is 4.03. The van der Waals surface area contributed by atoms with Gasteiger partial charge in [-0.1, -0.05) is 42.3 Å². The predicted octanol–water partition coefficient (Wildman–Crippen LogP) is 4.32. The van der Waals surface area contributed by atoms with Gasteiger partial charge in [0.25, 0.3) is 5.91 Å². The number of carbonyl (C=O) groups is 2. The van der Waals surface area contributed by atoms with E-state index in [0.29, 0.717) is 22.3 Å². The molecule has 0 heterocycles. The molecule has 0 aliphatic heterocycles. The summed E-state index contributed by atoms with van der Waals surface area (Å²) in [5.74, 6) is 0.0481. The van der Waals surface area contributed by atoms with Crippen molar-refractivity contribution in [1.29, 1.82) is 0 Å². The first-order valence-corrected chi connectivity index (χ1v) is 9.86. The minimum Gasteiger partial charge on any atom is -0.484 e. The standard InChI is InChI=1S/C21H24Cl2N2O3/c1-3-12-24-21(27)15(2)25(13-16-4-6-17(22)7-5-16)20(26)14-28-19-10-8-18(23)9-11-19/h4-11,15H,3,12-14H2,1-2H3,(H,24,27)/t15-/m0/s1. The van der Waals surface area contributed by atoms with Crippen molar-refractivity contribution in [3.8, 4) is 5.75 Å². The van der Waals surface area contributed by atoms with Crippen LogP contribution < -0.4 is 10.1 Å². The van der Waals surface area contributed by atoms with Gasteiger partial charge in [0, 0.05) is 23.1 Å². The van der Waals surface area contributed by atoms with Crippen molar-refractivity contribution < 1.29 is 14.3 Å². The number of amides is 2. The van der Waals surface area contributed by atoms with Crippen molar-refractivity contribution in [1.82, 2.24) is 10.2 Å². The van der Waals surface area contributed by atoms with Crippen molar-refractivity contribution in [2.24, 2.45) is 0 Å². The fourth-order valence-corrected chi connectivity index (χ4v) is 2.78. The molecule has 0 spiro atoms. The van der Waals surface area contributed by atoms with Crippen molar-refractivity contribution in [2.75, 3.05) is 13.2 Å². The number of hydrogen-bond acceptors (Lipinski definition) is 3. The van der Waals surface area contributed by atoms with E-state index >= 15 is 0 Å².